The van der Waals surface area contributed by atoms with Crippen LogP contribution in [0.15, 0.2) is 48.0 Å². The molecule has 3 aromatic rings. The van der Waals surface area contributed by atoms with Crippen LogP contribution in [0.25, 0.3) is 11.2 Å². The Bertz CT molecular complexity index is 744. The molecular weight excluding hydrogens is 240 g/mol. The number of rotatable bonds is 2. The molecule has 3 rings (SSSR count). The van der Waals surface area contributed by atoms with E-state index in [4.69, 9.17) is 5.73 Å². The fraction of sp³-hybridized carbons (Fsp3) is 0.0769. The quantitative estimate of drug-likeness (QED) is 0.552. The molecule has 6 heteroatoms. The number of hydrogen-bond donors (Lipinski definition) is 1. The van der Waals surface area contributed by atoms with Gasteiger partial charge in [-0.1, -0.05) is 30.3 Å². The zero-order chi connectivity index (χ0) is 13.2. The highest BCUT2D eigenvalue weighted by molar-refractivity contribution is 6.00. The number of aromatic nitrogens is 4. The number of hydrogen-bond acceptors (Lipinski definition) is 4. The highest BCUT2D eigenvalue weighted by Gasteiger charge is 2.08. The average molecular weight is 252 g/mol. The van der Waals surface area contributed by atoms with E-state index in [9.17, 15) is 0 Å². The SMILES string of the molecule is Cn1cnc2c(N=C(N)c3ccccc3)ncnc21. The smallest absolute Gasteiger partial charge is 0.185 e. The molecule has 0 fully saturated rings. The van der Waals surface area contributed by atoms with Crippen LogP contribution >= 0.6 is 0 Å². The van der Waals surface area contributed by atoms with E-state index in [1.807, 2.05) is 41.9 Å². The van der Waals surface area contributed by atoms with Crippen LogP contribution in [0.1, 0.15) is 5.56 Å². The molecule has 0 saturated heterocycles. The summed E-state index contributed by atoms with van der Waals surface area (Å²) in [6, 6.07) is 9.55. The Balaban J connectivity index is 2.11. The van der Waals surface area contributed by atoms with E-state index in [2.05, 4.69) is 19.9 Å². The predicted octanol–water partition coefficient (Wildman–Crippen LogP) is 1.40. The summed E-state index contributed by atoms with van der Waals surface area (Å²) in [6.07, 6.45) is 3.14. The average Bonchev–Trinajstić information content (AvgIpc) is 2.83. The molecule has 0 saturated carbocycles. The summed E-state index contributed by atoms with van der Waals surface area (Å²) in [4.78, 5) is 16.9. The van der Waals surface area contributed by atoms with Gasteiger partial charge >= 0.3 is 0 Å². The maximum Gasteiger partial charge on any atom is 0.185 e. The summed E-state index contributed by atoms with van der Waals surface area (Å²) in [5.74, 6) is 0.887. The fourth-order valence-electron chi connectivity index (χ4n) is 1.80. The maximum absolute atomic E-state index is 5.98. The first-order chi connectivity index (χ1) is 9.25. The van der Waals surface area contributed by atoms with Gasteiger partial charge in [-0.15, -0.1) is 0 Å². The number of nitrogens with zero attached hydrogens (tertiary/aromatic N) is 5. The van der Waals surface area contributed by atoms with Gasteiger partial charge in [0.25, 0.3) is 0 Å². The third-order valence-corrected chi connectivity index (χ3v) is 2.77. The first-order valence-corrected chi connectivity index (χ1v) is 5.77. The van der Waals surface area contributed by atoms with Crippen molar-refractivity contribution in [2.24, 2.45) is 17.8 Å². The van der Waals surface area contributed by atoms with Crippen molar-refractivity contribution in [1.82, 2.24) is 19.5 Å². The van der Waals surface area contributed by atoms with E-state index in [-0.39, 0.29) is 0 Å². The highest BCUT2D eigenvalue weighted by Crippen LogP contribution is 2.19. The molecule has 0 atom stereocenters. The van der Waals surface area contributed by atoms with Crippen LogP contribution in [-0.4, -0.2) is 25.4 Å². The minimum atomic E-state index is 0.409. The molecule has 2 heterocycles. The van der Waals surface area contributed by atoms with Crippen molar-refractivity contribution in [3.05, 3.63) is 48.5 Å². The van der Waals surface area contributed by atoms with Gasteiger partial charge in [-0.3, -0.25) is 0 Å². The molecule has 0 aliphatic carbocycles. The summed E-state index contributed by atoms with van der Waals surface area (Å²) in [6.45, 7) is 0. The minimum absolute atomic E-state index is 0.409. The Kier molecular flexibility index (Phi) is 2.68. The lowest BCUT2D eigenvalue weighted by Crippen LogP contribution is -2.12. The van der Waals surface area contributed by atoms with Gasteiger partial charge < -0.3 is 10.3 Å². The third kappa shape index (κ3) is 2.03. The van der Waals surface area contributed by atoms with Crippen LogP contribution in [0.5, 0.6) is 0 Å². The van der Waals surface area contributed by atoms with E-state index >= 15 is 0 Å². The van der Waals surface area contributed by atoms with Gasteiger partial charge in [-0.05, 0) is 0 Å². The summed E-state index contributed by atoms with van der Waals surface area (Å²) < 4.78 is 1.81. The van der Waals surface area contributed by atoms with Gasteiger partial charge in [-0.2, -0.15) is 0 Å². The predicted molar refractivity (Wildman–Crippen MR) is 73.1 cm³/mol. The van der Waals surface area contributed by atoms with Gasteiger partial charge in [-0.25, -0.2) is 19.9 Å². The standard InChI is InChI=1S/C13H12N6/c1-19-8-17-10-12(15-7-16-13(10)19)18-11(14)9-5-3-2-4-6-9/h2-8H,1H3,(H2,14,15,16,18). The second-order valence-corrected chi connectivity index (χ2v) is 4.09. The molecular formula is C13H12N6. The fourth-order valence-corrected chi connectivity index (χ4v) is 1.80. The van der Waals surface area contributed by atoms with Crippen molar-refractivity contribution < 1.29 is 0 Å². The van der Waals surface area contributed by atoms with E-state index in [0.29, 0.717) is 17.2 Å². The number of aryl methyl sites for hydroxylation is 1. The van der Waals surface area contributed by atoms with Crippen molar-refractivity contribution >= 4 is 22.8 Å². The molecule has 94 valence electrons. The molecule has 19 heavy (non-hydrogen) atoms. The van der Waals surface area contributed by atoms with Crippen molar-refractivity contribution in [3.8, 4) is 0 Å². The number of imidazole rings is 1. The first-order valence-electron chi connectivity index (χ1n) is 5.77. The Labute approximate surface area is 109 Å². The number of aliphatic imine (C=N–C) groups is 1. The molecule has 0 aliphatic rings. The Morgan fingerprint density at radius 2 is 1.95 bits per heavy atom. The van der Waals surface area contributed by atoms with Gasteiger partial charge in [0, 0.05) is 12.6 Å². The Hall–Kier alpha value is -2.76. The lowest BCUT2D eigenvalue weighted by molar-refractivity contribution is 0.928. The van der Waals surface area contributed by atoms with Crippen molar-refractivity contribution in [1.29, 1.82) is 0 Å². The van der Waals surface area contributed by atoms with Gasteiger partial charge in [0.1, 0.15) is 12.2 Å². The normalized spacial score (nSPS) is 11.9. The molecule has 2 aromatic heterocycles. The van der Waals surface area contributed by atoms with Gasteiger partial charge in [0.2, 0.25) is 0 Å². The molecule has 0 unspecified atom stereocenters. The molecule has 0 bridgehead atoms. The second-order valence-electron chi connectivity index (χ2n) is 4.09. The summed E-state index contributed by atoms with van der Waals surface area (Å²) in [5, 5.41) is 0. The van der Waals surface area contributed by atoms with Crippen molar-refractivity contribution in [2.75, 3.05) is 0 Å². The topological polar surface area (TPSA) is 82.0 Å². The number of amidine groups is 1. The third-order valence-electron chi connectivity index (χ3n) is 2.77. The summed E-state index contributed by atoms with van der Waals surface area (Å²) >= 11 is 0. The summed E-state index contributed by atoms with van der Waals surface area (Å²) in [7, 11) is 1.87. The zero-order valence-electron chi connectivity index (χ0n) is 10.4. The minimum Gasteiger partial charge on any atom is -0.383 e. The highest BCUT2D eigenvalue weighted by atomic mass is 15.1. The van der Waals surface area contributed by atoms with Crippen LogP contribution in [0.3, 0.4) is 0 Å². The number of benzene rings is 1. The lowest BCUT2D eigenvalue weighted by Gasteiger charge is -2.00. The molecule has 6 nitrogen and oxygen atoms in total. The van der Waals surface area contributed by atoms with E-state index in [1.54, 1.807) is 6.33 Å². The van der Waals surface area contributed by atoms with E-state index in [1.165, 1.54) is 6.33 Å². The van der Waals surface area contributed by atoms with Gasteiger partial charge in [0.05, 0.1) is 6.33 Å². The molecule has 2 N–H and O–H groups in total. The monoisotopic (exact) mass is 252 g/mol. The van der Waals surface area contributed by atoms with Crippen LogP contribution < -0.4 is 5.73 Å². The van der Waals surface area contributed by atoms with Crippen LogP contribution in [0, 0.1) is 0 Å². The zero-order valence-corrected chi connectivity index (χ0v) is 10.4. The molecule has 0 spiro atoms. The van der Waals surface area contributed by atoms with Crippen LogP contribution in [0.2, 0.25) is 0 Å². The van der Waals surface area contributed by atoms with Crippen LogP contribution in [-0.2, 0) is 7.05 Å². The second kappa shape index (κ2) is 4.49. The first kappa shape index (κ1) is 11.3. The molecule has 0 radical (unpaired) electrons. The Morgan fingerprint density at radius 3 is 2.74 bits per heavy atom. The summed E-state index contributed by atoms with van der Waals surface area (Å²) in [5.41, 5.74) is 8.21. The largest absolute Gasteiger partial charge is 0.383 e. The van der Waals surface area contributed by atoms with Crippen LogP contribution in [0.4, 0.5) is 5.82 Å². The molecule has 1 aromatic carbocycles. The number of fused-ring (bicyclic) bond motifs is 1. The van der Waals surface area contributed by atoms with Gasteiger partial charge in [0.15, 0.2) is 17.0 Å². The van der Waals surface area contributed by atoms with E-state index in [0.717, 1.165) is 11.2 Å². The van der Waals surface area contributed by atoms with Crippen molar-refractivity contribution in [2.45, 2.75) is 0 Å². The Morgan fingerprint density at radius 1 is 1.16 bits per heavy atom. The molecule has 0 aliphatic heterocycles. The lowest BCUT2D eigenvalue weighted by atomic mass is 10.2. The number of nitrogens with two attached hydrogens (primary N) is 1. The van der Waals surface area contributed by atoms with Crippen molar-refractivity contribution in [3.63, 3.8) is 0 Å². The molecule has 0 amide bonds. The van der Waals surface area contributed by atoms with E-state index < -0.39 is 0 Å². The maximum atomic E-state index is 5.98.